The third-order valence-electron chi connectivity index (χ3n) is 6.03. The molecule has 1 saturated carbocycles. The molecule has 1 aliphatic rings. The molecule has 9 heteroatoms. The zero-order valence-corrected chi connectivity index (χ0v) is 19.2. The summed E-state index contributed by atoms with van der Waals surface area (Å²) in [4.78, 5) is 48.6. The molecule has 3 aromatic heterocycles. The third kappa shape index (κ3) is 3.72. The first-order valence-electron chi connectivity index (χ1n) is 11.2. The summed E-state index contributed by atoms with van der Waals surface area (Å²) >= 11 is 0. The number of hydrogen-bond acceptors (Lipinski definition) is 7. The highest BCUT2D eigenvalue weighted by Crippen LogP contribution is 2.40. The molecule has 34 heavy (non-hydrogen) atoms. The van der Waals surface area contributed by atoms with E-state index in [0.29, 0.717) is 23.0 Å². The van der Waals surface area contributed by atoms with Gasteiger partial charge in [0.2, 0.25) is 5.89 Å². The van der Waals surface area contributed by atoms with Crippen molar-refractivity contribution in [2.75, 3.05) is 6.61 Å². The number of aryl methyl sites for hydroxylation is 2. The molecule has 1 fully saturated rings. The molecule has 0 bridgehead atoms. The molecule has 0 radical (unpaired) electrons. The predicted molar refractivity (Wildman–Crippen MR) is 125 cm³/mol. The number of carbonyl (C=O) groups is 1. The first-order chi connectivity index (χ1) is 16.4. The second kappa shape index (κ2) is 8.40. The molecule has 0 N–H and O–H groups in total. The fourth-order valence-electron chi connectivity index (χ4n) is 4.02. The lowest BCUT2D eigenvalue weighted by Crippen LogP contribution is -2.40. The zero-order valence-electron chi connectivity index (χ0n) is 19.2. The minimum Gasteiger partial charge on any atom is -0.462 e. The first-order valence-corrected chi connectivity index (χ1v) is 11.2. The number of carbonyl (C=O) groups excluding carboxylic acids is 1. The van der Waals surface area contributed by atoms with Gasteiger partial charge in [0.15, 0.2) is 0 Å². The normalized spacial score (nSPS) is 13.4. The Balaban J connectivity index is 1.67. The molecule has 0 amide bonds. The van der Waals surface area contributed by atoms with Gasteiger partial charge in [-0.3, -0.25) is 13.9 Å². The van der Waals surface area contributed by atoms with Crippen molar-refractivity contribution in [3.8, 4) is 11.5 Å². The lowest BCUT2D eigenvalue weighted by atomic mass is 10.1. The van der Waals surface area contributed by atoms with Gasteiger partial charge in [-0.05, 0) is 44.9 Å². The van der Waals surface area contributed by atoms with E-state index in [1.54, 1.807) is 27.0 Å². The summed E-state index contributed by atoms with van der Waals surface area (Å²) in [5.74, 6) is 0.523. The Morgan fingerprint density at radius 2 is 1.91 bits per heavy atom. The van der Waals surface area contributed by atoms with E-state index in [1.165, 1.54) is 4.57 Å². The van der Waals surface area contributed by atoms with Crippen LogP contribution < -0.4 is 11.2 Å². The van der Waals surface area contributed by atoms with Crippen LogP contribution >= 0.6 is 0 Å². The Kier molecular flexibility index (Phi) is 5.39. The number of ether oxygens (including phenoxy) is 1. The molecule has 174 valence electrons. The van der Waals surface area contributed by atoms with Crippen LogP contribution in [-0.2, 0) is 18.3 Å². The van der Waals surface area contributed by atoms with Crippen LogP contribution in [0.5, 0.6) is 0 Å². The van der Waals surface area contributed by atoms with Crippen LogP contribution in [0.3, 0.4) is 0 Å². The standard InChI is InChI=1S/C25H24N4O5/c1-4-33-24(31)17-12-18(15-10-11-15)26-21-20(17)23(30)29(25(32)28(21)3)13-19-14(2)34-22(27-19)16-8-6-5-7-9-16/h5-9,12,15H,4,10-11,13H2,1-3H3. The lowest BCUT2D eigenvalue weighted by molar-refractivity contribution is 0.0528. The van der Waals surface area contributed by atoms with Gasteiger partial charge < -0.3 is 9.15 Å². The van der Waals surface area contributed by atoms with Crippen molar-refractivity contribution in [1.29, 1.82) is 0 Å². The number of nitrogens with zero attached hydrogens (tertiary/aromatic N) is 4. The second-order valence-electron chi connectivity index (χ2n) is 8.41. The van der Waals surface area contributed by atoms with Crippen molar-refractivity contribution >= 4 is 17.0 Å². The fourth-order valence-corrected chi connectivity index (χ4v) is 4.02. The number of aromatic nitrogens is 4. The van der Waals surface area contributed by atoms with Crippen molar-refractivity contribution in [3.63, 3.8) is 0 Å². The van der Waals surface area contributed by atoms with Gasteiger partial charge in [-0.15, -0.1) is 0 Å². The average Bonchev–Trinajstić information content (AvgIpc) is 3.63. The maximum atomic E-state index is 13.6. The molecule has 4 aromatic rings. The van der Waals surface area contributed by atoms with Crippen LogP contribution in [-0.4, -0.2) is 31.7 Å². The summed E-state index contributed by atoms with van der Waals surface area (Å²) < 4.78 is 13.4. The Labute approximate surface area is 194 Å². The van der Waals surface area contributed by atoms with Gasteiger partial charge in [-0.25, -0.2) is 19.6 Å². The van der Waals surface area contributed by atoms with Crippen molar-refractivity contribution in [2.24, 2.45) is 7.05 Å². The lowest BCUT2D eigenvalue weighted by Gasteiger charge is -2.13. The van der Waals surface area contributed by atoms with E-state index in [9.17, 15) is 14.4 Å². The molecule has 1 aliphatic carbocycles. The summed E-state index contributed by atoms with van der Waals surface area (Å²) in [6, 6.07) is 11.0. The number of fused-ring (bicyclic) bond motifs is 1. The zero-order chi connectivity index (χ0) is 24.0. The van der Waals surface area contributed by atoms with Crippen molar-refractivity contribution < 1.29 is 13.9 Å². The van der Waals surface area contributed by atoms with Crippen LogP contribution in [0.1, 0.15) is 53.2 Å². The number of benzene rings is 1. The second-order valence-corrected chi connectivity index (χ2v) is 8.41. The summed E-state index contributed by atoms with van der Waals surface area (Å²) in [5, 5.41) is 0.0642. The fraction of sp³-hybridized carbons (Fsp3) is 0.320. The summed E-state index contributed by atoms with van der Waals surface area (Å²) in [6.07, 6.45) is 1.92. The van der Waals surface area contributed by atoms with Crippen LogP contribution in [0.25, 0.3) is 22.5 Å². The Bertz CT molecular complexity index is 1530. The van der Waals surface area contributed by atoms with E-state index in [4.69, 9.17) is 9.15 Å². The van der Waals surface area contributed by atoms with E-state index in [2.05, 4.69) is 9.97 Å². The number of hydrogen-bond donors (Lipinski definition) is 0. The van der Waals surface area contributed by atoms with Crippen LogP contribution in [0, 0.1) is 6.92 Å². The first kappa shape index (κ1) is 21.8. The minimum atomic E-state index is -0.611. The largest absolute Gasteiger partial charge is 0.462 e. The monoisotopic (exact) mass is 460 g/mol. The van der Waals surface area contributed by atoms with Crippen LogP contribution in [0.2, 0.25) is 0 Å². The Morgan fingerprint density at radius 3 is 2.59 bits per heavy atom. The van der Waals surface area contributed by atoms with Gasteiger partial charge in [-0.1, -0.05) is 18.2 Å². The van der Waals surface area contributed by atoms with Gasteiger partial charge in [0.05, 0.1) is 24.1 Å². The van der Waals surface area contributed by atoms with E-state index in [-0.39, 0.29) is 35.7 Å². The van der Waals surface area contributed by atoms with Gasteiger partial charge in [0.1, 0.15) is 17.1 Å². The van der Waals surface area contributed by atoms with Crippen molar-refractivity contribution in [2.45, 2.75) is 39.2 Å². The molecule has 9 nitrogen and oxygen atoms in total. The number of oxazole rings is 1. The smallest absolute Gasteiger partial charge is 0.339 e. The van der Waals surface area contributed by atoms with Gasteiger partial charge in [0.25, 0.3) is 5.56 Å². The summed E-state index contributed by atoms with van der Waals surface area (Å²) in [5.41, 5.74) is 1.10. The van der Waals surface area contributed by atoms with E-state index >= 15 is 0 Å². The highest BCUT2D eigenvalue weighted by molar-refractivity contribution is 6.02. The molecular formula is C25H24N4O5. The number of rotatable bonds is 6. The molecule has 0 spiro atoms. The summed E-state index contributed by atoms with van der Waals surface area (Å²) in [6.45, 7) is 3.51. The SMILES string of the molecule is CCOC(=O)c1cc(C2CC2)nc2c1c(=O)n(Cc1nc(-c3ccccc3)oc1C)c(=O)n2C. The van der Waals surface area contributed by atoms with Crippen LogP contribution in [0.15, 0.2) is 50.4 Å². The topological polar surface area (TPSA) is 109 Å². The van der Waals surface area contributed by atoms with E-state index in [1.807, 2.05) is 30.3 Å². The Hall–Kier alpha value is -4.01. The molecular weight excluding hydrogens is 436 g/mol. The molecule has 3 heterocycles. The Morgan fingerprint density at radius 1 is 1.18 bits per heavy atom. The van der Waals surface area contributed by atoms with E-state index in [0.717, 1.165) is 23.0 Å². The highest BCUT2D eigenvalue weighted by atomic mass is 16.5. The quantitative estimate of drug-likeness (QED) is 0.407. The van der Waals surface area contributed by atoms with Gasteiger partial charge in [-0.2, -0.15) is 0 Å². The summed E-state index contributed by atoms with van der Waals surface area (Å²) in [7, 11) is 1.55. The third-order valence-corrected chi connectivity index (χ3v) is 6.03. The number of esters is 1. The predicted octanol–water partition coefficient (Wildman–Crippen LogP) is 3.16. The van der Waals surface area contributed by atoms with Gasteiger partial charge >= 0.3 is 11.7 Å². The molecule has 0 aliphatic heterocycles. The molecule has 0 saturated heterocycles. The minimum absolute atomic E-state index is 0.0642. The van der Waals surface area contributed by atoms with Crippen LogP contribution in [0.4, 0.5) is 0 Å². The van der Waals surface area contributed by atoms with Crippen molar-refractivity contribution in [3.05, 3.63) is 79.9 Å². The molecule has 1 aromatic carbocycles. The molecule has 0 atom stereocenters. The molecule has 5 rings (SSSR count). The van der Waals surface area contributed by atoms with Crippen molar-refractivity contribution in [1.82, 2.24) is 19.1 Å². The maximum Gasteiger partial charge on any atom is 0.339 e. The molecule has 0 unspecified atom stereocenters. The van der Waals surface area contributed by atoms with Gasteiger partial charge in [0, 0.05) is 24.2 Å². The highest BCUT2D eigenvalue weighted by Gasteiger charge is 2.29. The van der Waals surface area contributed by atoms with E-state index < -0.39 is 17.2 Å². The maximum absolute atomic E-state index is 13.6. The number of pyridine rings is 1. The average molecular weight is 460 g/mol.